The van der Waals surface area contributed by atoms with Gasteiger partial charge in [-0.25, -0.2) is 0 Å². The smallest absolute Gasteiger partial charge is 0.223 e. The summed E-state index contributed by atoms with van der Waals surface area (Å²) < 4.78 is 5.39. The number of hydrogen-bond acceptors (Lipinski definition) is 2. The van der Waals surface area contributed by atoms with Crippen LogP contribution in [0.15, 0.2) is 24.3 Å². The molecule has 0 spiro atoms. The summed E-state index contributed by atoms with van der Waals surface area (Å²) in [6.45, 7) is 0.643. The third-order valence-corrected chi connectivity index (χ3v) is 2.87. The van der Waals surface area contributed by atoms with E-state index in [0.717, 1.165) is 12.8 Å². The van der Waals surface area contributed by atoms with Gasteiger partial charge in [0.1, 0.15) is 12.4 Å². The molecule has 1 N–H and O–H groups in total. The summed E-state index contributed by atoms with van der Waals surface area (Å²) in [5.41, 5.74) is 0. The summed E-state index contributed by atoms with van der Waals surface area (Å²) >= 11 is 5.92. The van der Waals surface area contributed by atoms with E-state index >= 15 is 0 Å². The Labute approximate surface area is 111 Å². The zero-order chi connectivity index (χ0) is 12.8. The van der Waals surface area contributed by atoms with Crippen molar-refractivity contribution in [3.05, 3.63) is 29.3 Å². The zero-order valence-electron chi connectivity index (χ0n) is 9.91. The molecule has 1 aliphatic rings. The number of nitrogens with one attached hydrogen (secondary N) is 1. The number of carbonyl (C=O) groups is 1. The monoisotopic (exact) mass is 263 g/mol. The summed E-state index contributed by atoms with van der Waals surface area (Å²) in [6.07, 6.45) is 2.02. The fourth-order valence-electron chi connectivity index (χ4n) is 1.41. The summed E-state index contributed by atoms with van der Waals surface area (Å²) in [5, 5.41) is 3.33. The predicted molar refractivity (Wildman–Crippen MR) is 70.5 cm³/mol. The molecular weight excluding hydrogens is 250 g/mol. The van der Waals surface area contributed by atoms with E-state index < -0.39 is 0 Å². The van der Waals surface area contributed by atoms with Gasteiger partial charge in [-0.2, -0.15) is 0 Å². The number of carbonyl (C=O) groups excluding carboxylic acids is 1. The molecule has 1 aromatic carbocycles. The molecule has 3 nitrogen and oxygen atoms in total. The predicted octanol–water partition coefficient (Wildman–Crippen LogP) is 2.25. The number of amides is 1. The molecule has 0 aromatic heterocycles. The van der Waals surface area contributed by atoms with Crippen LogP contribution in [0.5, 0.6) is 5.75 Å². The van der Waals surface area contributed by atoms with Crippen molar-refractivity contribution < 1.29 is 9.53 Å². The lowest BCUT2D eigenvalue weighted by atomic mass is 10.3. The molecule has 0 bridgehead atoms. The van der Waals surface area contributed by atoms with Crippen LogP contribution >= 0.6 is 11.6 Å². The van der Waals surface area contributed by atoms with Crippen molar-refractivity contribution in [3.8, 4) is 17.6 Å². The van der Waals surface area contributed by atoms with E-state index in [-0.39, 0.29) is 18.4 Å². The molecule has 18 heavy (non-hydrogen) atoms. The third kappa shape index (κ3) is 3.97. The van der Waals surface area contributed by atoms with Gasteiger partial charge in [0.2, 0.25) is 5.91 Å². The zero-order valence-corrected chi connectivity index (χ0v) is 10.7. The highest BCUT2D eigenvalue weighted by Gasteiger charge is 2.28. The van der Waals surface area contributed by atoms with Crippen molar-refractivity contribution in [3.63, 3.8) is 0 Å². The van der Waals surface area contributed by atoms with Crippen LogP contribution in [0.1, 0.15) is 12.8 Å². The van der Waals surface area contributed by atoms with E-state index in [2.05, 4.69) is 17.2 Å². The van der Waals surface area contributed by atoms with Gasteiger partial charge in [0.05, 0.1) is 11.6 Å². The Morgan fingerprint density at radius 1 is 1.39 bits per heavy atom. The Bertz CT molecular complexity index is 486. The van der Waals surface area contributed by atoms with Crippen molar-refractivity contribution in [2.45, 2.75) is 12.8 Å². The quantitative estimate of drug-likeness (QED) is 0.846. The topological polar surface area (TPSA) is 38.3 Å². The number of ether oxygens (including phenoxy) is 1. The second-order valence-electron chi connectivity index (χ2n) is 4.06. The van der Waals surface area contributed by atoms with E-state index in [1.54, 1.807) is 12.1 Å². The second-order valence-corrected chi connectivity index (χ2v) is 4.47. The highest BCUT2D eigenvalue weighted by atomic mass is 35.5. The minimum atomic E-state index is 0.108. The van der Waals surface area contributed by atoms with Gasteiger partial charge in [-0.05, 0) is 25.0 Å². The fraction of sp³-hybridized carbons (Fsp3) is 0.357. The van der Waals surface area contributed by atoms with E-state index in [4.69, 9.17) is 16.3 Å². The van der Waals surface area contributed by atoms with Gasteiger partial charge in [0.15, 0.2) is 0 Å². The molecule has 1 aliphatic carbocycles. The van der Waals surface area contributed by atoms with Gasteiger partial charge in [-0.1, -0.05) is 35.6 Å². The van der Waals surface area contributed by atoms with Gasteiger partial charge < -0.3 is 10.1 Å². The Balaban J connectivity index is 1.66. The Morgan fingerprint density at radius 2 is 2.17 bits per heavy atom. The average Bonchev–Trinajstić information content (AvgIpc) is 3.19. The first-order valence-electron chi connectivity index (χ1n) is 5.88. The molecule has 0 saturated heterocycles. The first kappa shape index (κ1) is 12.8. The molecule has 0 unspecified atom stereocenters. The van der Waals surface area contributed by atoms with E-state index in [9.17, 15) is 4.79 Å². The highest BCUT2D eigenvalue weighted by Crippen LogP contribution is 2.28. The number of benzene rings is 1. The number of para-hydroxylation sites is 1. The first-order chi connectivity index (χ1) is 8.77. The summed E-state index contributed by atoms with van der Waals surface area (Å²) in [5.74, 6) is 6.63. The molecule has 2 rings (SSSR count). The second kappa shape index (κ2) is 6.32. The SMILES string of the molecule is O=C(NCC#CCOc1ccccc1Cl)C1CC1. The minimum Gasteiger partial charge on any atom is -0.479 e. The lowest BCUT2D eigenvalue weighted by Crippen LogP contribution is -2.24. The van der Waals surface area contributed by atoms with E-state index in [1.165, 1.54) is 0 Å². The van der Waals surface area contributed by atoms with Crippen LogP contribution in [-0.4, -0.2) is 19.1 Å². The molecule has 4 heteroatoms. The van der Waals surface area contributed by atoms with E-state index in [0.29, 0.717) is 17.3 Å². The lowest BCUT2D eigenvalue weighted by Gasteiger charge is -2.03. The van der Waals surface area contributed by atoms with Crippen molar-refractivity contribution in [2.75, 3.05) is 13.2 Å². The van der Waals surface area contributed by atoms with Gasteiger partial charge in [-0.3, -0.25) is 4.79 Å². The number of halogens is 1. The van der Waals surface area contributed by atoms with Crippen LogP contribution < -0.4 is 10.1 Å². The van der Waals surface area contributed by atoms with Gasteiger partial charge in [0, 0.05) is 5.92 Å². The summed E-state index contributed by atoms with van der Waals surface area (Å²) in [6, 6.07) is 7.25. The minimum absolute atomic E-state index is 0.108. The molecule has 0 atom stereocenters. The molecule has 0 radical (unpaired) electrons. The molecule has 1 amide bonds. The molecule has 0 heterocycles. The average molecular weight is 264 g/mol. The number of hydrogen-bond donors (Lipinski definition) is 1. The molecule has 0 aliphatic heterocycles. The van der Waals surface area contributed by atoms with Gasteiger partial charge in [-0.15, -0.1) is 0 Å². The van der Waals surface area contributed by atoms with Crippen molar-refractivity contribution in [2.24, 2.45) is 5.92 Å². The third-order valence-electron chi connectivity index (χ3n) is 2.56. The van der Waals surface area contributed by atoms with Crippen LogP contribution in [0.2, 0.25) is 5.02 Å². The van der Waals surface area contributed by atoms with Gasteiger partial charge >= 0.3 is 0 Å². The van der Waals surface area contributed by atoms with E-state index in [1.807, 2.05) is 12.1 Å². The van der Waals surface area contributed by atoms with Crippen molar-refractivity contribution in [1.82, 2.24) is 5.32 Å². The fourth-order valence-corrected chi connectivity index (χ4v) is 1.60. The van der Waals surface area contributed by atoms with Gasteiger partial charge in [0.25, 0.3) is 0 Å². The first-order valence-corrected chi connectivity index (χ1v) is 6.26. The molecule has 1 aromatic rings. The largest absolute Gasteiger partial charge is 0.479 e. The van der Waals surface area contributed by atoms with Crippen LogP contribution in [0, 0.1) is 17.8 Å². The Kier molecular flexibility index (Phi) is 4.49. The molecular formula is C14H14ClNO2. The standard InChI is InChI=1S/C14H14ClNO2/c15-12-5-1-2-6-13(12)18-10-4-3-9-16-14(17)11-7-8-11/h1-2,5-6,11H,7-10H2,(H,16,17). The lowest BCUT2D eigenvalue weighted by molar-refractivity contribution is -0.122. The highest BCUT2D eigenvalue weighted by molar-refractivity contribution is 6.32. The van der Waals surface area contributed by atoms with Crippen LogP contribution in [0.3, 0.4) is 0 Å². The van der Waals surface area contributed by atoms with Crippen LogP contribution in [0.25, 0.3) is 0 Å². The molecule has 94 valence electrons. The maximum absolute atomic E-state index is 11.3. The summed E-state index contributed by atoms with van der Waals surface area (Å²) in [7, 11) is 0. The molecule has 1 fully saturated rings. The van der Waals surface area contributed by atoms with Crippen molar-refractivity contribution in [1.29, 1.82) is 0 Å². The maximum Gasteiger partial charge on any atom is 0.223 e. The summed E-state index contributed by atoms with van der Waals surface area (Å²) in [4.78, 5) is 11.3. The number of rotatable bonds is 4. The molecule has 1 saturated carbocycles. The normalized spacial score (nSPS) is 13.4. The van der Waals surface area contributed by atoms with Crippen LogP contribution in [0.4, 0.5) is 0 Å². The Hall–Kier alpha value is -1.66. The Morgan fingerprint density at radius 3 is 2.89 bits per heavy atom. The maximum atomic E-state index is 11.3. The van der Waals surface area contributed by atoms with Crippen molar-refractivity contribution >= 4 is 17.5 Å². The van der Waals surface area contributed by atoms with Crippen LogP contribution in [-0.2, 0) is 4.79 Å².